The van der Waals surface area contributed by atoms with Crippen LogP contribution in [0.1, 0.15) is 35.5 Å². The molecule has 1 aromatic carbocycles. The molecule has 30 heavy (non-hydrogen) atoms. The third-order valence-electron chi connectivity index (χ3n) is 5.52. The number of benzene rings is 1. The summed E-state index contributed by atoms with van der Waals surface area (Å²) in [6.07, 6.45) is 5.59. The smallest absolute Gasteiger partial charge is 0.207 e. The van der Waals surface area contributed by atoms with Crippen molar-refractivity contribution in [2.24, 2.45) is 0 Å². The average Bonchev–Trinajstić information content (AvgIpc) is 3.38. The lowest BCUT2D eigenvalue weighted by Crippen LogP contribution is -2.29. The fraction of sp³-hybridized carbons (Fsp3) is 0.333. The molecule has 3 aromatic rings. The normalized spacial score (nSPS) is 14.7. The molecule has 0 saturated carbocycles. The van der Waals surface area contributed by atoms with Gasteiger partial charge < -0.3 is 15.3 Å². The summed E-state index contributed by atoms with van der Waals surface area (Å²) in [6.45, 7) is 18.8. The first-order valence-electron chi connectivity index (χ1n) is 9.88. The van der Waals surface area contributed by atoms with Crippen molar-refractivity contribution in [2.45, 2.75) is 39.9 Å². The minimum absolute atomic E-state index is 0. The summed E-state index contributed by atoms with van der Waals surface area (Å²) in [5.74, 6) is 0. The summed E-state index contributed by atoms with van der Waals surface area (Å²) >= 11 is 0. The van der Waals surface area contributed by atoms with Gasteiger partial charge in [-0.3, -0.25) is 4.90 Å². The Morgan fingerprint density at radius 2 is 1.57 bits per heavy atom. The van der Waals surface area contributed by atoms with Gasteiger partial charge in [0.25, 0.3) is 0 Å². The van der Waals surface area contributed by atoms with E-state index in [2.05, 4.69) is 54.1 Å². The largest absolute Gasteiger partial charge is 0.375 e. The zero-order valence-electron chi connectivity index (χ0n) is 16.3. The summed E-state index contributed by atoms with van der Waals surface area (Å²) in [6, 6.07) is 10.5. The Kier molecular flexibility index (Phi) is 7.08. The summed E-state index contributed by atoms with van der Waals surface area (Å²) in [7, 11) is 0. The van der Waals surface area contributed by atoms with E-state index in [-0.39, 0.29) is 7.43 Å². The van der Waals surface area contributed by atoms with Crippen molar-refractivity contribution < 1.29 is 0 Å². The molecule has 5 rings (SSSR count). The monoisotopic (exact) mass is 400 g/mol. The molecule has 0 fully saturated rings. The summed E-state index contributed by atoms with van der Waals surface area (Å²) in [5.41, 5.74) is 7.75. The number of nitrogens with zero attached hydrogens (tertiary/aromatic N) is 3. The quantitative estimate of drug-likeness (QED) is 0.532. The Morgan fingerprint density at radius 1 is 0.900 bits per heavy atom. The first-order chi connectivity index (χ1) is 14.3. The highest BCUT2D eigenvalue weighted by molar-refractivity contribution is 5.55. The molecule has 2 aliphatic rings. The van der Waals surface area contributed by atoms with Crippen LogP contribution in [-0.4, -0.2) is 28.0 Å². The molecule has 2 aliphatic heterocycles. The van der Waals surface area contributed by atoms with Gasteiger partial charge in [0.15, 0.2) is 0 Å². The minimum atomic E-state index is 0. The molecule has 6 nitrogen and oxygen atoms in total. The van der Waals surface area contributed by atoms with E-state index in [1.54, 1.807) is 6.20 Å². The molecule has 0 radical (unpaired) electrons. The van der Waals surface area contributed by atoms with E-state index < -0.39 is 0 Å². The van der Waals surface area contributed by atoms with Gasteiger partial charge in [-0.25, -0.2) is 9.69 Å². The van der Waals surface area contributed by atoms with E-state index in [1.807, 2.05) is 12.3 Å². The molecule has 154 valence electrons. The lowest BCUT2D eigenvalue weighted by atomic mass is 10.1. The van der Waals surface area contributed by atoms with E-state index >= 15 is 0 Å². The molecule has 0 atom stereocenters. The number of fused-ring (bicyclic) bond motifs is 2. The molecule has 2 aromatic heterocycles. The van der Waals surface area contributed by atoms with Crippen molar-refractivity contribution in [1.29, 1.82) is 0 Å². The molecule has 0 amide bonds. The van der Waals surface area contributed by atoms with E-state index in [0.29, 0.717) is 0 Å². The van der Waals surface area contributed by atoms with Crippen molar-refractivity contribution in [3.63, 3.8) is 0 Å². The Balaban J connectivity index is 0.000000184. The number of nitrogens with one attached hydrogen (secondary N) is 3. The van der Waals surface area contributed by atoms with Crippen LogP contribution in [0.15, 0.2) is 42.7 Å². The third kappa shape index (κ3) is 4.63. The van der Waals surface area contributed by atoms with Crippen molar-refractivity contribution in [2.75, 3.05) is 13.1 Å². The molecular weight excluding hydrogens is 372 g/mol. The summed E-state index contributed by atoms with van der Waals surface area (Å²) < 4.78 is 0. The van der Waals surface area contributed by atoms with Crippen molar-refractivity contribution in [3.8, 4) is 0 Å². The van der Waals surface area contributed by atoms with Crippen molar-refractivity contribution >= 4 is 11.4 Å². The predicted octanol–water partition coefficient (Wildman–Crippen LogP) is 4.97. The highest BCUT2D eigenvalue weighted by atomic mass is 15.1. The molecule has 0 saturated heterocycles. The van der Waals surface area contributed by atoms with E-state index in [4.69, 9.17) is 13.1 Å². The Bertz CT molecular complexity index is 1050. The fourth-order valence-electron chi connectivity index (χ4n) is 4.00. The highest BCUT2D eigenvalue weighted by Crippen LogP contribution is 2.28. The molecule has 3 N–H and O–H groups in total. The van der Waals surface area contributed by atoms with Crippen LogP contribution in [0.2, 0.25) is 0 Å². The van der Waals surface area contributed by atoms with Crippen molar-refractivity contribution in [1.82, 2.24) is 20.2 Å². The van der Waals surface area contributed by atoms with E-state index in [9.17, 15) is 0 Å². The van der Waals surface area contributed by atoms with Crippen LogP contribution in [-0.2, 0) is 32.5 Å². The zero-order valence-corrected chi connectivity index (χ0v) is 16.3. The second kappa shape index (κ2) is 9.93. The molecule has 6 heteroatoms. The van der Waals surface area contributed by atoms with Crippen LogP contribution in [0.3, 0.4) is 0 Å². The maximum atomic E-state index is 7.12. The van der Waals surface area contributed by atoms with Crippen LogP contribution < -0.4 is 5.32 Å². The standard InChI is InChI=1S/C15H15N3.C8H9N3.CH4/c1-16-14-9-17-15-11-18(8-7-13(14)15)10-12-5-3-2-4-6-12;1-9-7-5-11-8-4-10-3-2-6(7)8;/h2-6,9,17H,7-8,10-11H2;5,10-11H,2-4H2;1H4. The first-order valence-corrected chi connectivity index (χ1v) is 9.88. The third-order valence-corrected chi connectivity index (χ3v) is 5.52. The van der Waals surface area contributed by atoms with Gasteiger partial charge in [-0.2, -0.15) is 0 Å². The number of aromatic nitrogens is 2. The maximum absolute atomic E-state index is 7.12. The van der Waals surface area contributed by atoms with Gasteiger partial charge in [0.05, 0.1) is 13.1 Å². The lowest BCUT2D eigenvalue weighted by Gasteiger charge is -2.27. The first kappa shape index (κ1) is 21.4. The van der Waals surface area contributed by atoms with E-state index in [0.717, 1.165) is 56.9 Å². The summed E-state index contributed by atoms with van der Waals surface area (Å²) in [5, 5.41) is 3.24. The van der Waals surface area contributed by atoms with Gasteiger partial charge >= 0.3 is 0 Å². The van der Waals surface area contributed by atoms with Crippen molar-refractivity contribution in [3.05, 3.63) is 93.6 Å². The topological polar surface area (TPSA) is 55.6 Å². The van der Waals surface area contributed by atoms with Gasteiger partial charge in [0.2, 0.25) is 11.4 Å². The van der Waals surface area contributed by atoms with E-state index in [1.165, 1.54) is 28.1 Å². The zero-order chi connectivity index (χ0) is 20.1. The number of rotatable bonds is 2. The summed E-state index contributed by atoms with van der Waals surface area (Å²) in [4.78, 5) is 15.7. The molecule has 0 aliphatic carbocycles. The molecule has 0 bridgehead atoms. The number of aromatic amines is 2. The Morgan fingerprint density at radius 3 is 2.27 bits per heavy atom. The Hall–Kier alpha value is -3.32. The number of H-pyrrole nitrogens is 2. The Labute approximate surface area is 178 Å². The molecule has 0 spiro atoms. The fourth-order valence-corrected chi connectivity index (χ4v) is 4.00. The second-order valence-corrected chi connectivity index (χ2v) is 7.36. The van der Waals surface area contributed by atoms with Crippen LogP contribution in [0.5, 0.6) is 0 Å². The molecule has 4 heterocycles. The minimum Gasteiger partial charge on any atom is -0.375 e. The number of hydrogen-bond donors (Lipinski definition) is 3. The lowest BCUT2D eigenvalue weighted by molar-refractivity contribution is 0.243. The van der Waals surface area contributed by atoms with Gasteiger partial charge in [-0.05, 0) is 36.1 Å². The van der Waals surface area contributed by atoms with Crippen LogP contribution in [0.25, 0.3) is 9.69 Å². The molecule has 0 unspecified atom stereocenters. The maximum Gasteiger partial charge on any atom is 0.207 e. The van der Waals surface area contributed by atoms with Gasteiger partial charge in [-0.15, -0.1) is 0 Å². The average molecular weight is 401 g/mol. The van der Waals surface area contributed by atoms with Gasteiger partial charge in [0, 0.05) is 50.0 Å². The predicted molar refractivity (Wildman–Crippen MR) is 121 cm³/mol. The van der Waals surface area contributed by atoms with Crippen LogP contribution in [0.4, 0.5) is 11.4 Å². The van der Waals surface area contributed by atoms with Gasteiger partial charge in [0.1, 0.15) is 0 Å². The van der Waals surface area contributed by atoms with Gasteiger partial charge in [-0.1, -0.05) is 37.8 Å². The SMILES string of the molecule is C.[C-]#[N+]c1c[nH]c2c1CCN(Cc1ccccc1)C2.[C-]#[N+]c1c[nH]c2c1CCNC2. The van der Waals surface area contributed by atoms with Crippen LogP contribution >= 0.6 is 0 Å². The van der Waals surface area contributed by atoms with Crippen LogP contribution in [0, 0.1) is 13.1 Å². The second-order valence-electron chi connectivity index (χ2n) is 7.36. The highest BCUT2D eigenvalue weighted by Gasteiger charge is 2.20. The molecular formula is C24H28N6. The number of hydrogen-bond acceptors (Lipinski definition) is 2.